The van der Waals surface area contributed by atoms with Gasteiger partial charge in [0.2, 0.25) is 0 Å². The second-order valence-electron chi connectivity index (χ2n) is 20.1. The molecule has 0 amide bonds. The van der Waals surface area contributed by atoms with Crippen molar-refractivity contribution in [1.82, 2.24) is 14.1 Å². The van der Waals surface area contributed by atoms with Crippen molar-refractivity contribution in [1.29, 1.82) is 0 Å². The minimum Gasteiger partial charge on any atom is -0.458 e. The van der Waals surface area contributed by atoms with E-state index in [4.69, 9.17) is 9.72 Å². The van der Waals surface area contributed by atoms with Gasteiger partial charge >= 0.3 is 0 Å². The van der Waals surface area contributed by atoms with E-state index in [0.29, 0.717) is 0 Å². The molecule has 0 saturated heterocycles. The third-order valence-electron chi connectivity index (χ3n) is 12.9. The van der Waals surface area contributed by atoms with E-state index in [1.165, 1.54) is 33.2 Å². The number of ether oxygens (including phenoxy) is 1. The highest BCUT2D eigenvalue weighted by atomic mass is 16.5. The average Bonchev–Trinajstić information content (AvgIpc) is 3.87. The first kappa shape index (κ1) is 41.6. The zero-order chi connectivity index (χ0) is 44.3. The van der Waals surface area contributed by atoms with Crippen molar-refractivity contribution in [3.05, 3.63) is 210 Å². The number of pyridine rings is 1. The van der Waals surface area contributed by atoms with Gasteiger partial charge in [0.05, 0.1) is 28.1 Å². The first-order chi connectivity index (χ1) is 30.0. The van der Waals surface area contributed by atoms with Crippen LogP contribution >= 0.6 is 0 Å². The van der Waals surface area contributed by atoms with E-state index in [2.05, 4.69) is 247 Å². The third kappa shape index (κ3) is 7.86. The van der Waals surface area contributed by atoms with E-state index in [1.54, 1.807) is 0 Å². The smallest absolute Gasteiger partial charge is 0.269 e. The number of benzene rings is 6. The molecule has 0 unspecified atom stereocenters. The number of hydrogen-bond donors (Lipinski definition) is 0. The van der Waals surface area contributed by atoms with Crippen LogP contribution in [0, 0.1) is 6.33 Å². The van der Waals surface area contributed by atoms with Gasteiger partial charge in [-0.15, -0.1) is 0 Å². The molecule has 63 heavy (non-hydrogen) atoms. The van der Waals surface area contributed by atoms with Crippen molar-refractivity contribution in [2.24, 2.45) is 0 Å². The summed E-state index contributed by atoms with van der Waals surface area (Å²) in [6.07, 6.45) is 7.89. The van der Waals surface area contributed by atoms with Crippen LogP contribution in [0.3, 0.4) is 0 Å². The van der Waals surface area contributed by atoms with E-state index >= 15 is 0 Å². The van der Waals surface area contributed by atoms with Gasteiger partial charge in [0.15, 0.2) is 0 Å². The summed E-state index contributed by atoms with van der Waals surface area (Å²) >= 11 is 0. The van der Waals surface area contributed by atoms with E-state index in [0.717, 1.165) is 50.8 Å². The molecule has 0 spiro atoms. The zero-order valence-electron chi connectivity index (χ0n) is 38.4. The van der Waals surface area contributed by atoms with Crippen molar-refractivity contribution in [2.45, 2.75) is 90.9 Å². The van der Waals surface area contributed by atoms with E-state index < -0.39 is 0 Å². The Morgan fingerprint density at radius 3 is 1.83 bits per heavy atom. The Bertz CT molecular complexity index is 3100. The van der Waals surface area contributed by atoms with Crippen LogP contribution in [0.1, 0.15) is 103 Å². The number of nitrogens with zero attached hydrogens (tertiary/aromatic N) is 4. The second kappa shape index (κ2) is 15.6. The Kier molecular flexibility index (Phi) is 10.3. The number of rotatable bonds is 9. The fourth-order valence-corrected chi connectivity index (χ4v) is 8.82. The fraction of sp³-hybridized carbons (Fsp3) is 0.241. The largest absolute Gasteiger partial charge is 0.458 e. The molecular formula is C58H58N4O. The molecule has 316 valence electrons. The molecule has 3 heterocycles. The molecule has 0 N–H and O–H groups in total. The van der Waals surface area contributed by atoms with Gasteiger partial charge in [-0.3, -0.25) is 13.7 Å². The van der Waals surface area contributed by atoms with E-state index in [-0.39, 0.29) is 21.7 Å². The summed E-state index contributed by atoms with van der Waals surface area (Å²) in [7, 11) is 0. The van der Waals surface area contributed by atoms with Crippen LogP contribution in [-0.2, 0) is 21.7 Å². The van der Waals surface area contributed by atoms with Crippen LogP contribution in [0.4, 0.5) is 0 Å². The molecule has 0 saturated carbocycles. The highest BCUT2D eigenvalue weighted by Gasteiger charge is 2.30. The van der Waals surface area contributed by atoms with Crippen LogP contribution in [-0.4, -0.2) is 14.1 Å². The van der Waals surface area contributed by atoms with Gasteiger partial charge in [0, 0.05) is 40.1 Å². The molecule has 0 bridgehead atoms. The molecule has 0 radical (unpaired) electrons. The number of imidazole rings is 1. The summed E-state index contributed by atoms with van der Waals surface area (Å²) in [5.74, 6) is 2.37. The monoisotopic (exact) mass is 826 g/mol. The summed E-state index contributed by atoms with van der Waals surface area (Å²) in [6, 6.07) is 56.3. The van der Waals surface area contributed by atoms with Crippen LogP contribution in [0.15, 0.2) is 170 Å². The van der Waals surface area contributed by atoms with Crippen molar-refractivity contribution in [3.8, 4) is 28.7 Å². The molecule has 0 aliphatic carbocycles. The summed E-state index contributed by atoms with van der Waals surface area (Å²) in [4.78, 5) is 4.98. The predicted octanol–water partition coefficient (Wildman–Crippen LogP) is 14.1. The fourth-order valence-electron chi connectivity index (χ4n) is 8.82. The predicted molar refractivity (Wildman–Crippen MR) is 259 cm³/mol. The Morgan fingerprint density at radius 2 is 1.13 bits per heavy atom. The Balaban J connectivity index is 1.15. The highest BCUT2D eigenvalue weighted by Crippen LogP contribution is 2.40. The molecule has 0 aliphatic heterocycles. The average molecular weight is 827 g/mol. The molecule has 0 atom stereocenters. The highest BCUT2D eigenvalue weighted by molar-refractivity contribution is 6.09. The lowest BCUT2D eigenvalue weighted by molar-refractivity contribution is -0.599. The normalized spacial score (nSPS) is 12.6. The molecule has 5 heteroatoms. The summed E-state index contributed by atoms with van der Waals surface area (Å²) < 4.78 is 13.4. The topological polar surface area (TPSA) is 35.9 Å². The van der Waals surface area contributed by atoms with Crippen molar-refractivity contribution in [3.63, 3.8) is 0 Å². The molecule has 0 fully saturated rings. The SMILES string of the molecule is CC(C)(C)c1cccc(-[n+]2[c-]n(-c3cccc(Oc4ccc5c6cc(C(C)(C)c7ccccc7)ccc6n(-c6cc(C(C)(C)C)ccn6)c5c4)c3)c(C(C)(C)c3ccccc3)c2)c1. The Hall–Kier alpha value is -6.72. The Morgan fingerprint density at radius 1 is 0.492 bits per heavy atom. The minimum atomic E-state index is -0.339. The molecule has 3 aromatic heterocycles. The number of hydrogen-bond acceptors (Lipinski definition) is 2. The lowest BCUT2D eigenvalue weighted by atomic mass is 9.78. The van der Waals surface area contributed by atoms with Crippen LogP contribution < -0.4 is 9.30 Å². The maximum absolute atomic E-state index is 6.84. The van der Waals surface area contributed by atoms with E-state index in [9.17, 15) is 0 Å². The quantitative estimate of drug-likeness (QED) is 0.107. The molecule has 9 aromatic rings. The summed E-state index contributed by atoms with van der Waals surface area (Å²) in [5.41, 5.74) is 11.0. The standard InChI is InChI=1S/C58H58N4O/c1-55(2,3)42-23-17-24-45(33-42)60-38-53(58(9,10)41-21-15-12-16-22-41)61(39-60)46-25-18-26-47(36-46)63-48-28-29-49-50-34-44(57(7,8)40-19-13-11-14-20-40)27-30-51(50)62(52(49)37-48)54-35-43(31-32-59-54)56(4,5)6/h11-38H,1-10H3. The maximum atomic E-state index is 6.84. The number of aromatic nitrogens is 4. The molecule has 6 aromatic carbocycles. The zero-order valence-corrected chi connectivity index (χ0v) is 38.4. The minimum absolute atomic E-state index is 0.0174. The van der Waals surface area contributed by atoms with Crippen LogP contribution in [0.2, 0.25) is 0 Å². The molecule has 5 nitrogen and oxygen atoms in total. The van der Waals surface area contributed by atoms with Crippen molar-refractivity contribution >= 4 is 21.8 Å². The number of fused-ring (bicyclic) bond motifs is 3. The van der Waals surface area contributed by atoms with Gasteiger partial charge in [-0.25, -0.2) is 4.98 Å². The first-order valence-electron chi connectivity index (χ1n) is 22.1. The molecule has 9 rings (SSSR count). The first-order valence-corrected chi connectivity index (χ1v) is 22.1. The van der Waals surface area contributed by atoms with Gasteiger partial charge in [0.1, 0.15) is 17.3 Å². The maximum Gasteiger partial charge on any atom is 0.269 e. The third-order valence-corrected chi connectivity index (χ3v) is 12.9. The summed E-state index contributed by atoms with van der Waals surface area (Å²) in [5, 5.41) is 2.33. The van der Waals surface area contributed by atoms with Crippen molar-refractivity contribution in [2.75, 3.05) is 0 Å². The van der Waals surface area contributed by atoms with Crippen LogP contribution in [0.25, 0.3) is 39.0 Å². The van der Waals surface area contributed by atoms with Gasteiger partial charge in [0.25, 0.3) is 6.33 Å². The second-order valence-corrected chi connectivity index (χ2v) is 20.1. The van der Waals surface area contributed by atoms with Crippen molar-refractivity contribution < 1.29 is 9.30 Å². The van der Waals surface area contributed by atoms with Crippen LogP contribution in [0.5, 0.6) is 11.5 Å². The Labute approximate surface area is 373 Å². The molecule has 0 aliphatic rings. The van der Waals surface area contributed by atoms with Gasteiger partial charge < -0.3 is 4.74 Å². The van der Waals surface area contributed by atoms with Gasteiger partial charge in [-0.2, -0.15) is 0 Å². The molecular weight excluding hydrogens is 769 g/mol. The lowest BCUT2D eigenvalue weighted by Gasteiger charge is -2.27. The summed E-state index contributed by atoms with van der Waals surface area (Å²) in [6.45, 7) is 22.7. The van der Waals surface area contributed by atoms with E-state index in [1.807, 2.05) is 12.3 Å². The van der Waals surface area contributed by atoms with Gasteiger partial charge in [-0.05, 0) is 105 Å². The lowest BCUT2D eigenvalue weighted by Crippen LogP contribution is -2.29. The van der Waals surface area contributed by atoms with Gasteiger partial charge in [-0.1, -0.05) is 154 Å².